The summed E-state index contributed by atoms with van der Waals surface area (Å²) in [6.07, 6.45) is 0. The molecule has 0 amide bonds. The highest BCUT2D eigenvalue weighted by Gasteiger charge is 2.17. The molecule has 0 atom stereocenters. The van der Waals surface area contributed by atoms with Crippen LogP contribution in [0, 0.1) is 0 Å². The van der Waals surface area contributed by atoms with Crippen molar-refractivity contribution < 1.29 is 0 Å². The first kappa shape index (κ1) is 31.1. The third-order valence-electron chi connectivity index (χ3n) is 12.2. The maximum Gasteiger partial charge on any atom is -0.00203 e. The van der Waals surface area contributed by atoms with Crippen molar-refractivity contribution in [3.8, 4) is 44.5 Å². The van der Waals surface area contributed by atoms with Crippen molar-refractivity contribution in [1.82, 2.24) is 0 Å². The highest BCUT2D eigenvalue weighted by atomic mass is 14.2. The van der Waals surface area contributed by atoms with Crippen molar-refractivity contribution in [2.24, 2.45) is 0 Å². The Morgan fingerprint density at radius 1 is 0.179 bits per heavy atom. The fourth-order valence-electron chi connectivity index (χ4n) is 9.58. The Labute approximate surface area is 324 Å². The molecule has 0 saturated heterocycles. The van der Waals surface area contributed by atoms with E-state index in [0.717, 1.165) is 0 Å². The third-order valence-corrected chi connectivity index (χ3v) is 12.2. The van der Waals surface area contributed by atoms with E-state index in [9.17, 15) is 0 Å². The number of rotatable bonds is 4. The van der Waals surface area contributed by atoms with Gasteiger partial charge in [0.1, 0.15) is 0 Å². The summed E-state index contributed by atoms with van der Waals surface area (Å²) in [5.41, 5.74) is 10.1. The molecule has 0 heteroatoms. The first-order valence-corrected chi connectivity index (χ1v) is 19.5. The van der Waals surface area contributed by atoms with Gasteiger partial charge in [0.15, 0.2) is 0 Å². The minimum atomic E-state index is 1.24. The van der Waals surface area contributed by atoms with Crippen LogP contribution in [0.5, 0.6) is 0 Å². The summed E-state index contributed by atoms with van der Waals surface area (Å²) < 4.78 is 0. The molecule has 0 aliphatic heterocycles. The number of benzene rings is 12. The molecule has 0 N–H and O–H groups in total. The van der Waals surface area contributed by atoms with Crippen molar-refractivity contribution in [3.05, 3.63) is 206 Å². The van der Waals surface area contributed by atoms with Gasteiger partial charge in [-0.05, 0) is 132 Å². The van der Waals surface area contributed by atoms with Crippen LogP contribution in [0.3, 0.4) is 0 Å². The van der Waals surface area contributed by atoms with E-state index in [4.69, 9.17) is 0 Å². The van der Waals surface area contributed by atoms with E-state index in [-0.39, 0.29) is 0 Å². The van der Waals surface area contributed by atoms with Crippen LogP contribution in [0.2, 0.25) is 0 Å². The molecule has 56 heavy (non-hydrogen) atoms. The number of hydrogen-bond donors (Lipinski definition) is 0. The van der Waals surface area contributed by atoms with Crippen molar-refractivity contribution >= 4 is 75.4 Å². The van der Waals surface area contributed by atoms with Crippen molar-refractivity contribution in [1.29, 1.82) is 0 Å². The maximum absolute atomic E-state index is 2.41. The standard InChI is InChI=1S/C56H34/c1-3-15-43-35(9-1)11-5-17-47(43)49-19-7-13-37-21-23-41(33-53(37)49)45-29-25-39-28-32-52-46(30-26-40-27-31-51(45)55(39)56(40)52)42-24-22-38-14-8-20-50(54(38)34-42)48-18-6-12-36-10-2-4-16-44(36)48/h1-34H. The number of fused-ring (bicyclic) bond motifs is 4. The van der Waals surface area contributed by atoms with Gasteiger partial charge < -0.3 is 0 Å². The molecule has 12 aromatic rings. The van der Waals surface area contributed by atoms with E-state index in [1.54, 1.807) is 0 Å². The van der Waals surface area contributed by atoms with Crippen molar-refractivity contribution in [2.75, 3.05) is 0 Å². The Kier molecular flexibility index (Phi) is 6.73. The van der Waals surface area contributed by atoms with Crippen LogP contribution in [0.4, 0.5) is 0 Å². The van der Waals surface area contributed by atoms with E-state index < -0.39 is 0 Å². The SMILES string of the molecule is c1ccc2c(-c3cccc4ccc(-c5ccc6ccc7c(-c8ccc9cccc(-c%10cccc%11ccccc%10%11)c9c8)ccc8ccc5c6c87)cc34)cccc2c1. The molecule has 0 nitrogen and oxygen atoms in total. The predicted molar refractivity (Wildman–Crippen MR) is 242 cm³/mol. The highest BCUT2D eigenvalue weighted by molar-refractivity contribution is 6.28. The summed E-state index contributed by atoms with van der Waals surface area (Å²) in [7, 11) is 0. The van der Waals surface area contributed by atoms with Gasteiger partial charge in [-0.3, -0.25) is 0 Å². The van der Waals surface area contributed by atoms with Gasteiger partial charge in [0.25, 0.3) is 0 Å². The molecular weight excluding hydrogens is 673 g/mol. The van der Waals surface area contributed by atoms with Crippen LogP contribution in [-0.4, -0.2) is 0 Å². The summed E-state index contributed by atoms with van der Waals surface area (Å²) >= 11 is 0. The minimum Gasteiger partial charge on any atom is -0.0616 e. The first-order chi connectivity index (χ1) is 27.8. The van der Waals surface area contributed by atoms with Gasteiger partial charge in [-0.15, -0.1) is 0 Å². The van der Waals surface area contributed by atoms with E-state index in [2.05, 4.69) is 206 Å². The van der Waals surface area contributed by atoms with Gasteiger partial charge >= 0.3 is 0 Å². The van der Waals surface area contributed by atoms with Crippen molar-refractivity contribution in [3.63, 3.8) is 0 Å². The average Bonchev–Trinajstić information content (AvgIpc) is 3.27. The molecule has 0 unspecified atom stereocenters. The lowest BCUT2D eigenvalue weighted by Crippen LogP contribution is -1.90. The second kappa shape index (κ2) is 12.1. The zero-order valence-electron chi connectivity index (χ0n) is 30.6. The van der Waals surface area contributed by atoms with Gasteiger partial charge in [-0.1, -0.05) is 194 Å². The monoisotopic (exact) mass is 706 g/mol. The second-order valence-electron chi connectivity index (χ2n) is 15.2. The van der Waals surface area contributed by atoms with E-state index in [1.165, 1.54) is 120 Å². The van der Waals surface area contributed by atoms with Gasteiger partial charge in [0.2, 0.25) is 0 Å². The lowest BCUT2D eigenvalue weighted by Gasteiger charge is -2.18. The van der Waals surface area contributed by atoms with E-state index >= 15 is 0 Å². The van der Waals surface area contributed by atoms with Gasteiger partial charge in [0, 0.05) is 0 Å². The molecule has 0 aliphatic rings. The molecule has 258 valence electrons. The fourth-order valence-corrected chi connectivity index (χ4v) is 9.58. The molecule has 0 saturated carbocycles. The Morgan fingerprint density at radius 2 is 0.518 bits per heavy atom. The predicted octanol–water partition coefficient (Wildman–Crippen LogP) is 15.9. The molecule has 0 fully saturated rings. The lowest BCUT2D eigenvalue weighted by atomic mass is 9.86. The van der Waals surface area contributed by atoms with Crippen molar-refractivity contribution in [2.45, 2.75) is 0 Å². The Morgan fingerprint density at radius 3 is 0.964 bits per heavy atom. The van der Waals surface area contributed by atoms with Crippen LogP contribution < -0.4 is 0 Å². The third kappa shape index (κ3) is 4.66. The zero-order valence-corrected chi connectivity index (χ0v) is 30.6. The van der Waals surface area contributed by atoms with Crippen LogP contribution in [0.25, 0.3) is 120 Å². The molecule has 12 aromatic carbocycles. The van der Waals surface area contributed by atoms with Gasteiger partial charge in [0.05, 0.1) is 0 Å². The number of hydrogen-bond acceptors (Lipinski definition) is 0. The minimum absolute atomic E-state index is 1.24. The largest absolute Gasteiger partial charge is 0.0616 e. The summed E-state index contributed by atoms with van der Waals surface area (Å²) in [4.78, 5) is 0. The Balaban J connectivity index is 1.04. The quantitative estimate of drug-likeness (QED) is 0.160. The molecule has 0 spiro atoms. The summed E-state index contributed by atoms with van der Waals surface area (Å²) in [6.45, 7) is 0. The van der Waals surface area contributed by atoms with E-state index in [0.29, 0.717) is 0 Å². The summed E-state index contributed by atoms with van der Waals surface area (Å²) in [6, 6.07) is 76.7. The Hall–Kier alpha value is -7.28. The summed E-state index contributed by atoms with van der Waals surface area (Å²) in [5.74, 6) is 0. The molecule has 0 radical (unpaired) electrons. The smallest absolute Gasteiger partial charge is 0.00203 e. The van der Waals surface area contributed by atoms with Crippen LogP contribution in [0.1, 0.15) is 0 Å². The fraction of sp³-hybridized carbons (Fsp3) is 0. The summed E-state index contributed by atoms with van der Waals surface area (Å²) in [5, 5.41) is 17.9. The molecule has 0 bridgehead atoms. The molecule has 12 rings (SSSR count). The van der Waals surface area contributed by atoms with Crippen LogP contribution in [-0.2, 0) is 0 Å². The topological polar surface area (TPSA) is 0 Å². The van der Waals surface area contributed by atoms with Gasteiger partial charge in [-0.25, -0.2) is 0 Å². The molecule has 0 aliphatic carbocycles. The molecule has 0 heterocycles. The highest BCUT2D eigenvalue weighted by Crippen LogP contribution is 2.44. The first-order valence-electron chi connectivity index (χ1n) is 19.5. The maximum atomic E-state index is 2.41. The van der Waals surface area contributed by atoms with Crippen LogP contribution in [0.15, 0.2) is 206 Å². The normalized spacial score (nSPS) is 11.9. The van der Waals surface area contributed by atoms with E-state index in [1.807, 2.05) is 0 Å². The Bertz CT molecular complexity index is 3280. The lowest BCUT2D eigenvalue weighted by molar-refractivity contribution is 1.66. The van der Waals surface area contributed by atoms with Crippen LogP contribution >= 0.6 is 0 Å². The van der Waals surface area contributed by atoms with Gasteiger partial charge in [-0.2, -0.15) is 0 Å². The average molecular weight is 707 g/mol. The second-order valence-corrected chi connectivity index (χ2v) is 15.2. The molecular formula is C56H34. The molecule has 0 aromatic heterocycles. The zero-order chi connectivity index (χ0) is 36.7.